The molecule has 1 aromatic carbocycles. The number of nitrogens with two attached hydrogens (primary N) is 1. The van der Waals surface area contributed by atoms with Crippen LogP contribution in [-0.2, 0) is 4.79 Å². The van der Waals surface area contributed by atoms with E-state index in [1.165, 1.54) is 17.4 Å². The lowest BCUT2D eigenvalue weighted by Crippen LogP contribution is -2.39. The van der Waals surface area contributed by atoms with Crippen LogP contribution in [0.15, 0.2) is 63.3 Å². The molecule has 148 valence electrons. The third-order valence-corrected chi connectivity index (χ3v) is 7.29. The Bertz CT molecular complexity index is 1080. The molecule has 1 aromatic heterocycles. The molecule has 4 nitrogen and oxygen atoms in total. The fraction of sp³-hybridized carbons (Fsp3) is 0.273. The van der Waals surface area contributed by atoms with Gasteiger partial charge in [-0.1, -0.05) is 19.1 Å². The fourth-order valence-electron chi connectivity index (χ4n) is 4.05. The Morgan fingerprint density at radius 2 is 2.14 bits per heavy atom. The molecule has 1 aliphatic heterocycles. The minimum absolute atomic E-state index is 0.0127. The van der Waals surface area contributed by atoms with Crippen LogP contribution in [-0.4, -0.2) is 11.5 Å². The van der Waals surface area contributed by atoms with Crippen molar-refractivity contribution in [3.8, 4) is 6.07 Å². The Kier molecular flexibility index (Phi) is 5.48. The molecule has 0 fully saturated rings. The van der Waals surface area contributed by atoms with E-state index in [1.807, 2.05) is 11.4 Å². The van der Waals surface area contributed by atoms with Gasteiger partial charge in [0, 0.05) is 27.5 Å². The molecule has 0 unspecified atom stereocenters. The normalized spacial score (nSPS) is 19.4. The number of carbonyl (C=O) groups is 1. The first-order valence-corrected chi connectivity index (χ1v) is 11.4. The fourth-order valence-corrected chi connectivity index (χ4v) is 6.10. The summed E-state index contributed by atoms with van der Waals surface area (Å²) in [6.07, 6.45) is 1.74. The Morgan fingerprint density at radius 1 is 1.34 bits per heavy atom. The molecule has 0 bridgehead atoms. The summed E-state index contributed by atoms with van der Waals surface area (Å²) >= 11 is 3.22. The lowest BCUT2D eigenvalue weighted by Gasteiger charge is -2.39. The largest absolute Gasteiger partial charge is 0.384 e. The number of benzene rings is 1. The zero-order valence-corrected chi connectivity index (χ0v) is 17.6. The molecule has 0 spiro atoms. The second-order valence-electron chi connectivity index (χ2n) is 6.85. The highest BCUT2D eigenvalue weighted by Gasteiger charge is 2.42. The van der Waals surface area contributed by atoms with E-state index < -0.39 is 11.7 Å². The molecule has 0 radical (unpaired) electrons. The lowest BCUT2D eigenvalue weighted by molar-refractivity contribution is -0.116. The van der Waals surface area contributed by atoms with Gasteiger partial charge in [0.1, 0.15) is 11.6 Å². The van der Waals surface area contributed by atoms with E-state index in [0.29, 0.717) is 36.1 Å². The molecule has 1 atom stereocenters. The lowest BCUT2D eigenvalue weighted by atomic mass is 9.78. The van der Waals surface area contributed by atoms with Crippen molar-refractivity contribution in [2.24, 2.45) is 5.73 Å². The molecule has 1 aliphatic carbocycles. The molecule has 2 aromatic rings. The first-order valence-electron chi connectivity index (χ1n) is 9.49. The molecule has 0 saturated carbocycles. The number of ketones is 1. The van der Waals surface area contributed by atoms with Gasteiger partial charge in [-0.25, -0.2) is 4.39 Å². The molecule has 29 heavy (non-hydrogen) atoms. The summed E-state index contributed by atoms with van der Waals surface area (Å²) in [5.41, 5.74) is 8.36. The van der Waals surface area contributed by atoms with Crippen LogP contribution < -0.4 is 10.6 Å². The van der Waals surface area contributed by atoms with Gasteiger partial charge in [-0.15, -0.1) is 23.1 Å². The third-order valence-electron chi connectivity index (χ3n) is 5.23. The van der Waals surface area contributed by atoms with Crippen LogP contribution in [0.3, 0.4) is 0 Å². The van der Waals surface area contributed by atoms with Crippen LogP contribution in [0, 0.1) is 17.1 Å². The zero-order valence-electron chi connectivity index (χ0n) is 15.9. The van der Waals surface area contributed by atoms with Crippen LogP contribution >= 0.6 is 23.1 Å². The van der Waals surface area contributed by atoms with Gasteiger partial charge in [-0.05, 0) is 42.2 Å². The number of Topliss-reactive ketones (excluding diaryl/α,β-unsaturated/α-hetero) is 1. The molecular weight excluding hydrogens is 405 g/mol. The Labute approximate surface area is 177 Å². The number of para-hydroxylation sites is 1. The number of thiophene rings is 1. The predicted molar refractivity (Wildman–Crippen MR) is 115 cm³/mol. The second kappa shape index (κ2) is 8.05. The van der Waals surface area contributed by atoms with Crippen molar-refractivity contribution in [1.29, 1.82) is 5.26 Å². The highest BCUT2D eigenvalue weighted by atomic mass is 32.2. The number of nitrogens with zero attached hydrogens (tertiary/aromatic N) is 2. The molecule has 0 saturated heterocycles. The summed E-state index contributed by atoms with van der Waals surface area (Å²) in [6, 6.07) is 10.6. The number of allylic oxidation sites excluding steroid dienone is 3. The number of carbonyl (C=O) groups excluding carboxylic acids is 1. The van der Waals surface area contributed by atoms with Gasteiger partial charge in [-0.3, -0.25) is 9.69 Å². The molecule has 7 heteroatoms. The summed E-state index contributed by atoms with van der Waals surface area (Å²) < 4.78 is 14.7. The quantitative estimate of drug-likeness (QED) is 0.673. The van der Waals surface area contributed by atoms with E-state index >= 15 is 0 Å². The van der Waals surface area contributed by atoms with Crippen molar-refractivity contribution in [3.63, 3.8) is 0 Å². The number of nitriles is 1. The maximum atomic E-state index is 14.7. The first kappa shape index (κ1) is 19.7. The van der Waals surface area contributed by atoms with E-state index in [2.05, 4.69) is 13.0 Å². The summed E-state index contributed by atoms with van der Waals surface area (Å²) in [6.45, 7) is 2.07. The van der Waals surface area contributed by atoms with Gasteiger partial charge in [0.15, 0.2) is 5.78 Å². The van der Waals surface area contributed by atoms with Gasteiger partial charge < -0.3 is 5.73 Å². The van der Waals surface area contributed by atoms with Crippen LogP contribution in [0.25, 0.3) is 0 Å². The standard InChI is InChI=1S/C22H20FN3OS2/c1-2-28-18-10-11-29-21(18)19-13(12-24)22(25)26(15-7-4-3-6-14(15)23)16-8-5-9-17(27)20(16)19/h3-4,6-7,10-11,19H,2,5,8-9,25H2,1H3/t19-/m1/s1. The highest BCUT2D eigenvalue weighted by Crippen LogP contribution is 2.49. The summed E-state index contributed by atoms with van der Waals surface area (Å²) in [4.78, 5) is 16.7. The van der Waals surface area contributed by atoms with Crippen molar-refractivity contribution in [2.45, 2.75) is 37.0 Å². The van der Waals surface area contributed by atoms with E-state index in [4.69, 9.17) is 5.73 Å². The highest BCUT2D eigenvalue weighted by molar-refractivity contribution is 7.99. The molecule has 0 amide bonds. The van der Waals surface area contributed by atoms with Crippen LogP contribution in [0.4, 0.5) is 10.1 Å². The first-order chi connectivity index (χ1) is 14.1. The van der Waals surface area contributed by atoms with Crippen molar-refractivity contribution < 1.29 is 9.18 Å². The van der Waals surface area contributed by atoms with E-state index in [-0.39, 0.29) is 17.3 Å². The molecule has 4 rings (SSSR count). The number of rotatable bonds is 4. The number of hydrogen-bond acceptors (Lipinski definition) is 6. The second-order valence-corrected chi connectivity index (χ2v) is 9.10. The van der Waals surface area contributed by atoms with Gasteiger partial charge in [-0.2, -0.15) is 5.26 Å². The van der Waals surface area contributed by atoms with Gasteiger partial charge in [0.2, 0.25) is 0 Å². The maximum absolute atomic E-state index is 14.7. The van der Waals surface area contributed by atoms with Gasteiger partial charge in [0.05, 0.1) is 23.2 Å². The summed E-state index contributed by atoms with van der Waals surface area (Å²) in [5.74, 6) is 0.184. The average Bonchev–Trinajstić information content (AvgIpc) is 3.16. The van der Waals surface area contributed by atoms with Crippen LogP contribution in [0.5, 0.6) is 0 Å². The third kappa shape index (κ3) is 3.26. The van der Waals surface area contributed by atoms with Gasteiger partial charge >= 0.3 is 0 Å². The van der Waals surface area contributed by atoms with Crippen molar-refractivity contribution in [3.05, 3.63) is 69.1 Å². The number of anilines is 1. The average molecular weight is 426 g/mol. The van der Waals surface area contributed by atoms with Crippen molar-refractivity contribution in [2.75, 3.05) is 10.7 Å². The molecule has 2 aliphatic rings. The predicted octanol–water partition coefficient (Wildman–Crippen LogP) is 5.30. The number of halogens is 1. The maximum Gasteiger partial charge on any atom is 0.161 e. The smallest absolute Gasteiger partial charge is 0.161 e. The van der Waals surface area contributed by atoms with E-state index in [1.54, 1.807) is 34.9 Å². The Morgan fingerprint density at radius 3 is 2.86 bits per heavy atom. The molecule has 2 N–H and O–H groups in total. The number of hydrogen-bond donors (Lipinski definition) is 1. The summed E-state index contributed by atoms with van der Waals surface area (Å²) in [5, 5.41) is 12.0. The summed E-state index contributed by atoms with van der Waals surface area (Å²) in [7, 11) is 0. The van der Waals surface area contributed by atoms with Crippen molar-refractivity contribution in [1.82, 2.24) is 0 Å². The molecular formula is C22H20FN3OS2. The van der Waals surface area contributed by atoms with Crippen LogP contribution in [0.2, 0.25) is 0 Å². The topological polar surface area (TPSA) is 70.1 Å². The SMILES string of the molecule is CCSc1ccsc1[C@@H]1C(C#N)=C(N)N(c2ccccc2F)C2=C1C(=O)CCC2. The van der Waals surface area contributed by atoms with E-state index in [0.717, 1.165) is 15.5 Å². The van der Waals surface area contributed by atoms with E-state index in [9.17, 15) is 14.4 Å². The zero-order chi connectivity index (χ0) is 20.5. The molecule has 2 heterocycles. The van der Waals surface area contributed by atoms with Crippen molar-refractivity contribution >= 4 is 34.6 Å². The minimum atomic E-state index is -0.486. The Hall–Kier alpha value is -2.56. The number of thioether (sulfide) groups is 1. The van der Waals surface area contributed by atoms with Gasteiger partial charge in [0.25, 0.3) is 0 Å². The van der Waals surface area contributed by atoms with Crippen LogP contribution in [0.1, 0.15) is 37.0 Å². The Balaban J connectivity index is 1.98. The monoisotopic (exact) mass is 425 g/mol. The minimum Gasteiger partial charge on any atom is -0.384 e.